The lowest BCUT2D eigenvalue weighted by molar-refractivity contribution is -0.385. The number of amides is 1. The average Bonchev–Trinajstić information content (AvgIpc) is 2.42. The molecule has 0 aromatic heterocycles. The summed E-state index contributed by atoms with van der Waals surface area (Å²) < 4.78 is 14.0. The van der Waals surface area contributed by atoms with Gasteiger partial charge in [-0.1, -0.05) is 0 Å². The molecule has 2 rings (SSSR count). The Labute approximate surface area is 115 Å². The Morgan fingerprint density at radius 1 is 1.55 bits per heavy atom. The molecule has 0 saturated carbocycles. The van der Waals surface area contributed by atoms with Gasteiger partial charge >= 0.3 is 0 Å². The molecule has 0 spiro atoms. The molecule has 20 heavy (non-hydrogen) atoms. The zero-order chi connectivity index (χ0) is 14.7. The highest BCUT2D eigenvalue weighted by Gasteiger charge is 2.22. The summed E-state index contributed by atoms with van der Waals surface area (Å²) in [5.74, 6) is -1.32. The summed E-state index contributed by atoms with van der Waals surface area (Å²) in [6, 6.07) is 2.03. The van der Waals surface area contributed by atoms with E-state index in [1.165, 1.54) is 6.92 Å². The first-order chi connectivity index (χ1) is 9.49. The van der Waals surface area contributed by atoms with Gasteiger partial charge in [0.15, 0.2) is 0 Å². The molecule has 1 aromatic carbocycles. The molecule has 1 atom stereocenters. The maximum atomic E-state index is 14.0. The van der Waals surface area contributed by atoms with Gasteiger partial charge in [-0.25, -0.2) is 4.39 Å². The minimum absolute atomic E-state index is 0.0739. The van der Waals surface area contributed by atoms with E-state index in [1.54, 1.807) is 0 Å². The molecule has 1 heterocycles. The monoisotopic (exact) mass is 281 g/mol. The Morgan fingerprint density at radius 3 is 2.90 bits per heavy atom. The number of carbonyl (C=O) groups is 1. The number of non-ortho nitro benzene ring substituents is 1. The Balaban J connectivity index is 2.21. The van der Waals surface area contributed by atoms with Crippen molar-refractivity contribution in [2.24, 2.45) is 0 Å². The van der Waals surface area contributed by atoms with Crippen LogP contribution >= 0.6 is 0 Å². The van der Waals surface area contributed by atoms with Crippen LogP contribution < -0.4 is 10.6 Å². The van der Waals surface area contributed by atoms with E-state index in [-0.39, 0.29) is 22.9 Å². The zero-order valence-electron chi connectivity index (χ0n) is 11.1. The molecule has 1 aliphatic rings. The van der Waals surface area contributed by atoms with Crippen molar-refractivity contribution >= 4 is 11.6 Å². The molecule has 0 bridgehead atoms. The molecule has 1 aromatic rings. The van der Waals surface area contributed by atoms with Gasteiger partial charge in [0.2, 0.25) is 0 Å². The van der Waals surface area contributed by atoms with Gasteiger partial charge in [-0.2, -0.15) is 0 Å². The van der Waals surface area contributed by atoms with Crippen LogP contribution in [-0.4, -0.2) is 30.0 Å². The van der Waals surface area contributed by atoms with Crippen LogP contribution in [0.15, 0.2) is 12.1 Å². The van der Waals surface area contributed by atoms with E-state index >= 15 is 0 Å². The van der Waals surface area contributed by atoms with E-state index in [9.17, 15) is 19.3 Å². The molecule has 6 nitrogen and oxygen atoms in total. The molecule has 2 N–H and O–H groups in total. The van der Waals surface area contributed by atoms with E-state index < -0.39 is 16.6 Å². The zero-order valence-corrected chi connectivity index (χ0v) is 11.1. The van der Waals surface area contributed by atoms with Crippen molar-refractivity contribution in [3.63, 3.8) is 0 Å². The number of carbonyl (C=O) groups excluding carboxylic acids is 1. The number of hydrogen-bond donors (Lipinski definition) is 2. The Hall–Kier alpha value is -2.02. The molecule has 1 amide bonds. The average molecular weight is 281 g/mol. The highest BCUT2D eigenvalue weighted by molar-refractivity contribution is 5.95. The van der Waals surface area contributed by atoms with Gasteiger partial charge in [0.25, 0.3) is 11.6 Å². The standard InChI is InChI=1S/C13H16FN3O3/c1-8-5-10(17(19)20)6-11(12(8)14)13(18)16-9-3-2-4-15-7-9/h5-6,9,15H,2-4,7H2,1H3,(H,16,18)/t9-/m1/s1. The maximum absolute atomic E-state index is 14.0. The molecular formula is C13H16FN3O3. The number of hydrogen-bond acceptors (Lipinski definition) is 4. The van der Waals surface area contributed by atoms with Crippen molar-refractivity contribution in [3.8, 4) is 0 Å². The SMILES string of the molecule is Cc1cc([N+](=O)[O-])cc(C(=O)N[C@@H]2CCCNC2)c1F. The second-order valence-corrected chi connectivity index (χ2v) is 4.90. The van der Waals surface area contributed by atoms with E-state index in [4.69, 9.17) is 0 Å². The first kappa shape index (κ1) is 14.4. The van der Waals surface area contributed by atoms with Crippen LogP contribution in [0.1, 0.15) is 28.8 Å². The first-order valence-corrected chi connectivity index (χ1v) is 6.45. The number of aryl methyl sites for hydroxylation is 1. The Morgan fingerprint density at radius 2 is 2.30 bits per heavy atom. The van der Waals surface area contributed by atoms with Crippen molar-refractivity contribution in [1.29, 1.82) is 0 Å². The molecule has 108 valence electrons. The van der Waals surface area contributed by atoms with Crippen LogP contribution in [0, 0.1) is 22.9 Å². The number of halogens is 1. The third-order valence-corrected chi connectivity index (χ3v) is 3.33. The normalized spacial score (nSPS) is 18.6. The summed E-state index contributed by atoms with van der Waals surface area (Å²) >= 11 is 0. The number of nitrogens with zero attached hydrogens (tertiary/aromatic N) is 1. The fourth-order valence-corrected chi connectivity index (χ4v) is 2.26. The molecule has 1 saturated heterocycles. The number of benzene rings is 1. The summed E-state index contributed by atoms with van der Waals surface area (Å²) in [5, 5.41) is 16.6. The van der Waals surface area contributed by atoms with Crippen LogP contribution in [0.4, 0.5) is 10.1 Å². The van der Waals surface area contributed by atoms with Crippen molar-refractivity contribution in [3.05, 3.63) is 39.2 Å². The number of nitrogens with one attached hydrogen (secondary N) is 2. The van der Waals surface area contributed by atoms with Gasteiger partial charge in [0.1, 0.15) is 5.82 Å². The molecular weight excluding hydrogens is 265 g/mol. The van der Waals surface area contributed by atoms with Crippen LogP contribution in [0.2, 0.25) is 0 Å². The molecule has 0 aliphatic carbocycles. The summed E-state index contributed by atoms with van der Waals surface area (Å²) in [6.45, 7) is 2.93. The summed E-state index contributed by atoms with van der Waals surface area (Å²) in [6.07, 6.45) is 1.75. The lowest BCUT2D eigenvalue weighted by Crippen LogP contribution is -2.45. The maximum Gasteiger partial charge on any atom is 0.270 e. The largest absolute Gasteiger partial charge is 0.348 e. The molecule has 1 aliphatic heterocycles. The van der Waals surface area contributed by atoms with Gasteiger partial charge < -0.3 is 10.6 Å². The first-order valence-electron chi connectivity index (χ1n) is 6.45. The fourth-order valence-electron chi connectivity index (χ4n) is 2.26. The number of nitro groups is 1. The van der Waals surface area contributed by atoms with Crippen molar-refractivity contribution in [2.75, 3.05) is 13.1 Å². The van der Waals surface area contributed by atoms with Crippen molar-refractivity contribution in [1.82, 2.24) is 10.6 Å². The van der Waals surface area contributed by atoms with E-state index in [0.29, 0.717) is 6.54 Å². The van der Waals surface area contributed by atoms with Gasteiger partial charge in [-0.15, -0.1) is 0 Å². The second-order valence-electron chi connectivity index (χ2n) is 4.90. The molecule has 0 radical (unpaired) electrons. The fraction of sp³-hybridized carbons (Fsp3) is 0.462. The third kappa shape index (κ3) is 3.11. The van der Waals surface area contributed by atoms with Gasteiger partial charge in [-0.05, 0) is 31.9 Å². The molecule has 1 fully saturated rings. The predicted molar refractivity (Wildman–Crippen MR) is 71.1 cm³/mol. The minimum atomic E-state index is -0.711. The van der Waals surface area contributed by atoms with E-state index in [2.05, 4.69) is 10.6 Å². The predicted octanol–water partition coefficient (Wildman–Crippen LogP) is 1.52. The lowest BCUT2D eigenvalue weighted by Gasteiger charge is -2.23. The number of piperidine rings is 1. The second kappa shape index (κ2) is 5.96. The minimum Gasteiger partial charge on any atom is -0.348 e. The van der Waals surface area contributed by atoms with Crippen LogP contribution in [0.5, 0.6) is 0 Å². The summed E-state index contributed by atoms with van der Waals surface area (Å²) in [7, 11) is 0. The lowest BCUT2D eigenvalue weighted by atomic mass is 10.1. The van der Waals surface area contributed by atoms with Crippen LogP contribution in [-0.2, 0) is 0 Å². The quantitative estimate of drug-likeness (QED) is 0.650. The van der Waals surface area contributed by atoms with Crippen LogP contribution in [0.3, 0.4) is 0 Å². The van der Waals surface area contributed by atoms with Gasteiger partial charge in [0, 0.05) is 24.7 Å². The van der Waals surface area contributed by atoms with Gasteiger partial charge in [0.05, 0.1) is 10.5 Å². The topological polar surface area (TPSA) is 84.3 Å². The van der Waals surface area contributed by atoms with Crippen molar-refractivity contribution < 1.29 is 14.1 Å². The van der Waals surface area contributed by atoms with Gasteiger partial charge in [-0.3, -0.25) is 14.9 Å². The van der Waals surface area contributed by atoms with Crippen LogP contribution in [0.25, 0.3) is 0 Å². The number of rotatable bonds is 3. The summed E-state index contributed by atoms with van der Waals surface area (Å²) in [4.78, 5) is 22.2. The molecule has 7 heteroatoms. The third-order valence-electron chi connectivity index (χ3n) is 3.33. The Kier molecular flexibility index (Phi) is 4.29. The van der Waals surface area contributed by atoms with E-state index in [0.717, 1.165) is 31.5 Å². The van der Waals surface area contributed by atoms with Crippen molar-refractivity contribution in [2.45, 2.75) is 25.8 Å². The van der Waals surface area contributed by atoms with E-state index in [1.807, 2.05) is 0 Å². The Bertz CT molecular complexity index is 542. The summed E-state index contributed by atoms with van der Waals surface area (Å²) in [5.41, 5.74) is -0.468. The smallest absolute Gasteiger partial charge is 0.270 e. The number of nitro benzene ring substituents is 1. The highest BCUT2D eigenvalue weighted by atomic mass is 19.1. The highest BCUT2D eigenvalue weighted by Crippen LogP contribution is 2.21. The molecule has 0 unspecified atom stereocenters.